The highest BCUT2D eigenvalue weighted by molar-refractivity contribution is 7.98. The van der Waals surface area contributed by atoms with Crippen LogP contribution in [0.4, 0.5) is 0 Å². The molecule has 0 atom stereocenters. The van der Waals surface area contributed by atoms with Gasteiger partial charge in [0.1, 0.15) is 0 Å². The number of rotatable bonds is 7. The van der Waals surface area contributed by atoms with E-state index < -0.39 is 15.6 Å². The summed E-state index contributed by atoms with van der Waals surface area (Å²) in [5.74, 6) is 0.631. The number of benzene rings is 1. The van der Waals surface area contributed by atoms with E-state index in [0.29, 0.717) is 19.0 Å². The van der Waals surface area contributed by atoms with Crippen LogP contribution < -0.4 is 15.4 Å². The molecule has 0 bridgehead atoms. The molecule has 0 saturated carbocycles. The van der Waals surface area contributed by atoms with Crippen molar-refractivity contribution < 1.29 is 8.42 Å². The van der Waals surface area contributed by atoms with Crippen molar-refractivity contribution in [1.82, 2.24) is 15.4 Å². The minimum atomic E-state index is -3.26. The van der Waals surface area contributed by atoms with E-state index in [9.17, 15) is 8.42 Å². The summed E-state index contributed by atoms with van der Waals surface area (Å²) in [6.45, 7) is 6.79. The predicted molar refractivity (Wildman–Crippen MR) is 103 cm³/mol. The van der Waals surface area contributed by atoms with Gasteiger partial charge in [0.15, 0.2) is 5.96 Å². The van der Waals surface area contributed by atoms with Crippen molar-refractivity contribution in [3.8, 4) is 0 Å². The zero-order chi connectivity index (χ0) is 18.4. The molecule has 0 unspecified atom stereocenters. The van der Waals surface area contributed by atoms with Crippen LogP contribution >= 0.6 is 11.8 Å². The molecule has 1 aromatic carbocycles. The topological polar surface area (TPSA) is 82.6 Å². The summed E-state index contributed by atoms with van der Waals surface area (Å²) in [6, 6.07) is 6.36. The summed E-state index contributed by atoms with van der Waals surface area (Å²) in [7, 11) is -1.57. The average molecular weight is 373 g/mol. The zero-order valence-corrected chi connectivity index (χ0v) is 16.9. The van der Waals surface area contributed by atoms with Gasteiger partial charge in [-0.25, -0.2) is 13.1 Å². The number of nitrogens with one attached hydrogen (secondary N) is 3. The molecule has 0 amide bonds. The normalized spacial score (nSPS) is 13.0. The summed E-state index contributed by atoms with van der Waals surface area (Å²) < 4.78 is 25.4. The van der Waals surface area contributed by atoms with Crippen LogP contribution in [0.5, 0.6) is 0 Å². The molecule has 6 nitrogen and oxygen atoms in total. The van der Waals surface area contributed by atoms with Crippen LogP contribution in [0.1, 0.15) is 25.0 Å². The van der Waals surface area contributed by atoms with Gasteiger partial charge in [0.05, 0.1) is 6.26 Å². The van der Waals surface area contributed by atoms with Crippen LogP contribution in [0.3, 0.4) is 0 Å². The van der Waals surface area contributed by atoms with Gasteiger partial charge in [-0.15, -0.1) is 11.8 Å². The smallest absolute Gasteiger partial charge is 0.209 e. The lowest BCUT2D eigenvalue weighted by Crippen LogP contribution is -2.52. The van der Waals surface area contributed by atoms with E-state index in [1.165, 1.54) is 16.0 Å². The quantitative estimate of drug-likeness (QED) is 0.386. The van der Waals surface area contributed by atoms with E-state index in [1.54, 1.807) is 18.8 Å². The van der Waals surface area contributed by atoms with Gasteiger partial charge in [0.2, 0.25) is 10.0 Å². The number of aliphatic imine (C=N–C) groups is 1. The van der Waals surface area contributed by atoms with Crippen LogP contribution in [-0.4, -0.2) is 46.0 Å². The van der Waals surface area contributed by atoms with E-state index >= 15 is 0 Å². The Balaban J connectivity index is 2.63. The molecule has 1 rings (SSSR count). The average Bonchev–Trinajstić information content (AvgIpc) is 2.45. The second-order valence-corrected chi connectivity index (χ2v) is 8.95. The van der Waals surface area contributed by atoms with Crippen molar-refractivity contribution in [2.24, 2.45) is 4.99 Å². The molecule has 0 aliphatic rings. The highest BCUT2D eigenvalue weighted by Gasteiger charge is 2.22. The third kappa shape index (κ3) is 7.55. The number of guanidine groups is 1. The second kappa shape index (κ2) is 8.73. The van der Waals surface area contributed by atoms with Gasteiger partial charge in [-0.05, 0) is 44.2 Å². The van der Waals surface area contributed by atoms with Crippen LogP contribution in [0.15, 0.2) is 28.1 Å². The minimum Gasteiger partial charge on any atom is -0.355 e. The highest BCUT2D eigenvalue weighted by atomic mass is 32.2. The van der Waals surface area contributed by atoms with Gasteiger partial charge < -0.3 is 10.6 Å². The fraction of sp³-hybridized carbons (Fsp3) is 0.562. The van der Waals surface area contributed by atoms with E-state index in [-0.39, 0.29) is 0 Å². The molecule has 24 heavy (non-hydrogen) atoms. The number of nitrogens with zero attached hydrogens (tertiary/aromatic N) is 1. The summed E-state index contributed by atoms with van der Waals surface area (Å²) in [6.07, 6.45) is 3.22. The molecule has 0 fully saturated rings. The molecule has 3 N–H and O–H groups in total. The van der Waals surface area contributed by atoms with Crippen molar-refractivity contribution in [2.45, 2.75) is 37.8 Å². The maximum Gasteiger partial charge on any atom is 0.209 e. The van der Waals surface area contributed by atoms with E-state index in [0.717, 1.165) is 6.26 Å². The summed E-state index contributed by atoms with van der Waals surface area (Å²) in [5.41, 5.74) is 1.82. The number of hydrogen-bond acceptors (Lipinski definition) is 4. The monoisotopic (exact) mass is 372 g/mol. The lowest BCUT2D eigenvalue weighted by molar-refractivity contribution is 0.446. The Labute approximate surface area is 150 Å². The molecule has 0 radical (unpaired) electrons. The number of aryl methyl sites for hydroxylation is 1. The Morgan fingerprint density at radius 3 is 2.50 bits per heavy atom. The first kappa shape index (κ1) is 20.8. The summed E-state index contributed by atoms with van der Waals surface area (Å²) in [5, 5.41) is 6.42. The van der Waals surface area contributed by atoms with Gasteiger partial charge in [-0.1, -0.05) is 12.1 Å². The van der Waals surface area contributed by atoms with Gasteiger partial charge in [-0.2, -0.15) is 0 Å². The minimum absolute atomic E-state index is 0.420. The molecular weight excluding hydrogens is 344 g/mol. The first-order chi connectivity index (χ1) is 11.1. The largest absolute Gasteiger partial charge is 0.355 e. The van der Waals surface area contributed by atoms with Crippen LogP contribution in [-0.2, 0) is 16.6 Å². The fourth-order valence-electron chi connectivity index (χ4n) is 2.24. The SMILES string of the molecule is CN=C(NCc1ccc(C)cc1SC)NCC(C)(C)NS(C)(=O)=O. The predicted octanol–water partition coefficient (Wildman–Crippen LogP) is 1.71. The molecule has 0 aliphatic heterocycles. The van der Waals surface area contributed by atoms with Gasteiger partial charge in [-0.3, -0.25) is 4.99 Å². The van der Waals surface area contributed by atoms with E-state index in [1.807, 2.05) is 13.8 Å². The fourth-order valence-corrected chi connectivity index (χ4v) is 4.02. The van der Waals surface area contributed by atoms with Crippen molar-refractivity contribution in [3.63, 3.8) is 0 Å². The maximum atomic E-state index is 11.4. The molecule has 0 heterocycles. The van der Waals surface area contributed by atoms with Crippen LogP contribution in [0.25, 0.3) is 0 Å². The molecule has 136 valence electrons. The van der Waals surface area contributed by atoms with E-state index in [2.05, 4.69) is 51.7 Å². The van der Waals surface area contributed by atoms with Crippen molar-refractivity contribution in [3.05, 3.63) is 29.3 Å². The van der Waals surface area contributed by atoms with E-state index in [4.69, 9.17) is 0 Å². The van der Waals surface area contributed by atoms with Gasteiger partial charge >= 0.3 is 0 Å². The molecule has 1 aromatic rings. The second-order valence-electron chi connectivity index (χ2n) is 6.35. The Hall–Kier alpha value is -1.25. The number of sulfonamides is 1. The summed E-state index contributed by atoms with van der Waals surface area (Å²) in [4.78, 5) is 5.42. The Kier molecular flexibility index (Phi) is 7.56. The standard InChI is InChI=1S/C16H28N4O2S2/c1-12-7-8-13(14(9-12)23-5)10-18-15(17-4)19-11-16(2,3)20-24(6,21)22/h7-9,20H,10-11H2,1-6H3,(H2,17,18,19). The third-order valence-corrected chi connectivity index (χ3v) is 5.02. The number of hydrogen-bond donors (Lipinski definition) is 3. The molecule has 0 aromatic heterocycles. The first-order valence-electron chi connectivity index (χ1n) is 7.63. The third-order valence-electron chi connectivity index (χ3n) is 3.27. The lowest BCUT2D eigenvalue weighted by atomic mass is 10.1. The number of thioether (sulfide) groups is 1. The molecular formula is C16H28N4O2S2. The molecule has 0 spiro atoms. The Bertz CT molecular complexity index is 685. The highest BCUT2D eigenvalue weighted by Crippen LogP contribution is 2.21. The lowest BCUT2D eigenvalue weighted by Gasteiger charge is -2.26. The van der Waals surface area contributed by atoms with Crippen LogP contribution in [0.2, 0.25) is 0 Å². The maximum absolute atomic E-state index is 11.4. The zero-order valence-electron chi connectivity index (χ0n) is 15.2. The van der Waals surface area contributed by atoms with Crippen molar-refractivity contribution >= 4 is 27.7 Å². The van der Waals surface area contributed by atoms with Crippen LogP contribution in [0, 0.1) is 6.92 Å². The Morgan fingerprint density at radius 1 is 1.29 bits per heavy atom. The van der Waals surface area contributed by atoms with Gasteiger partial charge in [0.25, 0.3) is 0 Å². The Morgan fingerprint density at radius 2 is 1.96 bits per heavy atom. The van der Waals surface area contributed by atoms with Crippen molar-refractivity contribution in [2.75, 3.05) is 26.1 Å². The van der Waals surface area contributed by atoms with Crippen molar-refractivity contribution in [1.29, 1.82) is 0 Å². The molecule has 8 heteroatoms. The summed E-state index contributed by atoms with van der Waals surface area (Å²) >= 11 is 1.72. The first-order valence-corrected chi connectivity index (χ1v) is 10.7. The molecule has 0 aliphatic carbocycles. The molecule has 0 saturated heterocycles. The van der Waals surface area contributed by atoms with Gasteiger partial charge in [0, 0.05) is 30.6 Å².